The Hall–Kier alpha value is -5.65. The van der Waals surface area contributed by atoms with E-state index in [1.165, 1.54) is 0 Å². The fraction of sp³-hybridized carbons (Fsp3) is 0.306. The van der Waals surface area contributed by atoms with Crippen LogP contribution < -0.4 is 15.4 Å². The summed E-state index contributed by atoms with van der Waals surface area (Å²) in [4.78, 5) is 67.1. The summed E-state index contributed by atoms with van der Waals surface area (Å²) in [7, 11) is 0. The summed E-state index contributed by atoms with van der Waals surface area (Å²) in [5.41, 5.74) is 2.89. The highest BCUT2D eigenvalue weighted by Gasteiger charge is 2.29. The summed E-state index contributed by atoms with van der Waals surface area (Å²) in [6, 6.07) is 20.9. The molecule has 0 saturated heterocycles. The number of hydrogen-bond acceptors (Lipinski definition) is 9. The van der Waals surface area contributed by atoms with Crippen LogP contribution in [0.1, 0.15) is 43.4 Å². The second kappa shape index (κ2) is 17.9. The lowest BCUT2D eigenvalue weighted by Crippen LogP contribution is -2.53. The van der Waals surface area contributed by atoms with Crippen molar-refractivity contribution in [2.45, 2.75) is 58.2 Å². The van der Waals surface area contributed by atoms with Crippen molar-refractivity contribution >= 4 is 40.8 Å². The van der Waals surface area contributed by atoms with Crippen LogP contribution in [0.3, 0.4) is 0 Å². The van der Waals surface area contributed by atoms with E-state index in [-0.39, 0.29) is 45.5 Å². The molecule has 0 radical (unpaired) electrons. The Kier molecular flexibility index (Phi) is 13.1. The molecule has 3 aromatic carbocycles. The topological polar surface area (TPSA) is 162 Å². The number of fused-ring (bicyclic) bond motifs is 1. The predicted molar refractivity (Wildman–Crippen MR) is 176 cm³/mol. The summed E-state index contributed by atoms with van der Waals surface area (Å²) in [6.07, 6.45) is 0.687. The lowest BCUT2D eigenvalue weighted by atomic mass is 10.0. The fourth-order valence-corrected chi connectivity index (χ4v) is 4.92. The number of H-pyrrole nitrogens is 1. The number of esters is 3. The van der Waals surface area contributed by atoms with Crippen LogP contribution in [0, 0.1) is 0 Å². The largest absolute Gasteiger partial charge is 0.466 e. The molecule has 0 saturated carbocycles. The van der Waals surface area contributed by atoms with Crippen LogP contribution in [0.25, 0.3) is 10.9 Å². The standard InChI is InChI=1S/C36H39N3O9/c1-3-45-32(40)18-17-30(35(43)46-4-2)38-34(42)31(39-36(44)47-23-25-13-9-6-10-14-25)20-26-22-37-29-16-15-27(21-28(26)29)48-33(41)19-24-11-7-5-8-12-24/h5-16,21-22,30-31,37H,3-4,17-20,23H2,1-2H3,(H,38,42)(H,39,44)/t30-,31-/m0/s1. The van der Waals surface area contributed by atoms with Gasteiger partial charge in [0.05, 0.1) is 19.6 Å². The molecule has 2 amide bonds. The Morgan fingerprint density at radius 1 is 0.750 bits per heavy atom. The van der Waals surface area contributed by atoms with Gasteiger partial charge < -0.3 is 34.6 Å². The number of hydrogen-bond donors (Lipinski definition) is 3. The van der Waals surface area contributed by atoms with Crippen LogP contribution in [-0.2, 0) is 52.8 Å². The zero-order chi connectivity index (χ0) is 34.3. The molecule has 0 unspecified atom stereocenters. The van der Waals surface area contributed by atoms with Crippen LogP contribution in [0.4, 0.5) is 4.79 Å². The smallest absolute Gasteiger partial charge is 0.408 e. The van der Waals surface area contributed by atoms with Gasteiger partial charge in [0.15, 0.2) is 0 Å². The number of rotatable bonds is 16. The van der Waals surface area contributed by atoms with E-state index in [1.54, 1.807) is 50.4 Å². The molecule has 12 nitrogen and oxygen atoms in total. The monoisotopic (exact) mass is 657 g/mol. The van der Waals surface area contributed by atoms with Crippen molar-refractivity contribution in [1.29, 1.82) is 0 Å². The van der Waals surface area contributed by atoms with Crippen LogP contribution in [0.15, 0.2) is 85.1 Å². The molecule has 252 valence electrons. The van der Waals surface area contributed by atoms with Crippen molar-refractivity contribution in [2.24, 2.45) is 0 Å². The quantitative estimate of drug-likeness (QED) is 0.0892. The maximum atomic E-state index is 13.7. The number of alkyl carbamates (subject to hydrolysis) is 1. The van der Waals surface area contributed by atoms with Crippen LogP contribution in [-0.4, -0.2) is 60.2 Å². The average Bonchev–Trinajstić information content (AvgIpc) is 3.48. The number of aromatic amines is 1. The predicted octanol–water partition coefficient (Wildman–Crippen LogP) is 4.54. The van der Waals surface area contributed by atoms with Gasteiger partial charge in [-0.2, -0.15) is 0 Å². The molecule has 3 N–H and O–H groups in total. The average molecular weight is 658 g/mol. The first-order chi connectivity index (χ1) is 23.2. The molecule has 0 fully saturated rings. The van der Waals surface area contributed by atoms with E-state index >= 15 is 0 Å². The highest BCUT2D eigenvalue weighted by molar-refractivity contribution is 5.92. The lowest BCUT2D eigenvalue weighted by Gasteiger charge is -2.22. The number of nitrogens with one attached hydrogen (secondary N) is 3. The van der Waals surface area contributed by atoms with E-state index in [4.69, 9.17) is 18.9 Å². The second-order valence-electron chi connectivity index (χ2n) is 10.8. The van der Waals surface area contributed by atoms with Crippen molar-refractivity contribution in [3.8, 4) is 5.75 Å². The normalized spacial score (nSPS) is 12.0. The molecule has 12 heteroatoms. The van der Waals surface area contributed by atoms with Gasteiger partial charge in [0.1, 0.15) is 24.4 Å². The summed E-state index contributed by atoms with van der Waals surface area (Å²) in [5.74, 6) is -2.09. The molecule has 48 heavy (non-hydrogen) atoms. The van der Waals surface area contributed by atoms with Gasteiger partial charge in [0.2, 0.25) is 5.91 Å². The molecule has 4 rings (SSSR count). The van der Waals surface area contributed by atoms with Gasteiger partial charge in [-0.1, -0.05) is 60.7 Å². The molecule has 0 spiro atoms. The van der Waals surface area contributed by atoms with E-state index in [0.717, 1.165) is 11.1 Å². The van der Waals surface area contributed by atoms with E-state index in [0.29, 0.717) is 22.2 Å². The first-order valence-corrected chi connectivity index (χ1v) is 15.7. The first kappa shape index (κ1) is 35.2. The minimum atomic E-state index is -1.21. The highest BCUT2D eigenvalue weighted by atomic mass is 16.6. The second-order valence-corrected chi connectivity index (χ2v) is 10.8. The third kappa shape index (κ3) is 10.7. The molecule has 2 atom stereocenters. The van der Waals surface area contributed by atoms with E-state index < -0.39 is 42.0 Å². The van der Waals surface area contributed by atoms with Gasteiger partial charge in [-0.05, 0) is 55.2 Å². The van der Waals surface area contributed by atoms with Crippen LogP contribution >= 0.6 is 0 Å². The van der Waals surface area contributed by atoms with Crippen LogP contribution in [0.2, 0.25) is 0 Å². The van der Waals surface area contributed by atoms with Crippen molar-refractivity contribution in [3.05, 3.63) is 102 Å². The van der Waals surface area contributed by atoms with Crippen molar-refractivity contribution < 1.29 is 42.9 Å². The number of benzene rings is 3. The van der Waals surface area contributed by atoms with E-state index in [9.17, 15) is 24.0 Å². The fourth-order valence-electron chi connectivity index (χ4n) is 4.92. The third-order valence-electron chi connectivity index (χ3n) is 7.24. The number of carbonyl (C=O) groups excluding carboxylic acids is 5. The van der Waals surface area contributed by atoms with Gasteiger partial charge in [0, 0.05) is 29.9 Å². The molecule has 0 aliphatic rings. The first-order valence-electron chi connectivity index (χ1n) is 15.7. The summed E-state index contributed by atoms with van der Waals surface area (Å²) in [6.45, 7) is 3.49. The van der Waals surface area contributed by atoms with Gasteiger partial charge in [-0.3, -0.25) is 14.4 Å². The lowest BCUT2D eigenvalue weighted by molar-refractivity contribution is -0.149. The Balaban J connectivity index is 1.53. The Bertz CT molecular complexity index is 1690. The number of carbonyl (C=O) groups is 5. The molecule has 0 aliphatic heterocycles. The van der Waals surface area contributed by atoms with Gasteiger partial charge in [-0.15, -0.1) is 0 Å². The van der Waals surface area contributed by atoms with Crippen molar-refractivity contribution in [1.82, 2.24) is 15.6 Å². The van der Waals surface area contributed by atoms with Crippen molar-refractivity contribution in [3.63, 3.8) is 0 Å². The molecule has 1 heterocycles. The molecule has 0 aliphatic carbocycles. The van der Waals surface area contributed by atoms with Gasteiger partial charge in [0.25, 0.3) is 0 Å². The zero-order valence-corrected chi connectivity index (χ0v) is 26.9. The maximum Gasteiger partial charge on any atom is 0.408 e. The number of ether oxygens (including phenoxy) is 4. The molecule has 0 bridgehead atoms. The molecule has 4 aromatic rings. The maximum absolute atomic E-state index is 13.7. The third-order valence-corrected chi connectivity index (χ3v) is 7.24. The van der Waals surface area contributed by atoms with Gasteiger partial charge in [-0.25, -0.2) is 9.59 Å². The highest BCUT2D eigenvalue weighted by Crippen LogP contribution is 2.25. The molecule has 1 aromatic heterocycles. The minimum absolute atomic E-state index is 0.0267. The summed E-state index contributed by atoms with van der Waals surface area (Å²) >= 11 is 0. The van der Waals surface area contributed by atoms with E-state index in [2.05, 4.69) is 15.6 Å². The summed E-state index contributed by atoms with van der Waals surface area (Å²) < 4.78 is 21.1. The van der Waals surface area contributed by atoms with Crippen LogP contribution in [0.5, 0.6) is 5.75 Å². The Labute approximate surface area is 278 Å². The minimum Gasteiger partial charge on any atom is -0.466 e. The molecular weight excluding hydrogens is 618 g/mol. The number of aromatic nitrogens is 1. The van der Waals surface area contributed by atoms with Crippen molar-refractivity contribution in [2.75, 3.05) is 13.2 Å². The van der Waals surface area contributed by atoms with E-state index in [1.807, 2.05) is 48.5 Å². The number of amides is 2. The Morgan fingerprint density at radius 3 is 2.12 bits per heavy atom. The van der Waals surface area contributed by atoms with Gasteiger partial charge >= 0.3 is 24.0 Å². The SMILES string of the molecule is CCOC(=O)CC[C@H](NC(=O)[C@H](Cc1c[nH]c2ccc(OC(=O)Cc3ccccc3)cc12)NC(=O)OCc1ccccc1)C(=O)OCC. The molecular formula is C36H39N3O9. The Morgan fingerprint density at radius 2 is 1.44 bits per heavy atom. The summed E-state index contributed by atoms with van der Waals surface area (Å²) in [5, 5.41) is 5.89. The zero-order valence-electron chi connectivity index (χ0n) is 26.9.